The Kier molecular flexibility index (Phi) is 8.80. The predicted octanol–water partition coefficient (Wildman–Crippen LogP) is 6.59. The maximum absolute atomic E-state index is 13.1. The summed E-state index contributed by atoms with van der Waals surface area (Å²) in [6.07, 6.45) is -8.50. The molecule has 170 valence electrons. The molecule has 12 heteroatoms. The molecule has 4 nitrogen and oxygen atoms in total. The molecule has 0 saturated heterocycles. The molecule has 3 N–H and O–H groups in total. The zero-order valence-electron chi connectivity index (χ0n) is 16.2. The second-order valence-electron chi connectivity index (χ2n) is 6.27. The molecule has 2 rings (SSSR count). The zero-order valence-corrected chi connectivity index (χ0v) is 17.8. The van der Waals surface area contributed by atoms with E-state index in [1.807, 2.05) is 6.26 Å². The lowest BCUT2D eigenvalue weighted by Gasteiger charge is -2.15. The highest BCUT2D eigenvalue weighted by molar-refractivity contribution is 8.00. The number of amides is 1. The first-order valence-corrected chi connectivity index (χ1v) is 10.9. The third kappa shape index (κ3) is 8.44. The number of hydrogen-bond acceptors (Lipinski definition) is 5. The van der Waals surface area contributed by atoms with Crippen LogP contribution in [0.15, 0.2) is 47.4 Å². The van der Waals surface area contributed by atoms with Crippen LogP contribution in [0.2, 0.25) is 0 Å². The Morgan fingerprint density at radius 1 is 0.968 bits per heavy atom. The minimum absolute atomic E-state index is 0.0977. The standard InChI is InChI=1S/C19H19F6N3OS2/c1-30-27-13-4-6-14(7-5-13)31-28-16-11-12(19(23,24)25)3-8-15(16)17(29)26-10-2-9-18(20,21)22/h3-8,11,27-28H,2,9-10H2,1H3,(H,26,29). The lowest BCUT2D eigenvalue weighted by atomic mass is 10.1. The van der Waals surface area contributed by atoms with Crippen molar-refractivity contribution in [2.24, 2.45) is 0 Å². The maximum Gasteiger partial charge on any atom is 0.416 e. The summed E-state index contributed by atoms with van der Waals surface area (Å²) in [4.78, 5) is 13.0. The van der Waals surface area contributed by atoms with Gasteiger partial charge in [-0.25, -0.2) is 0 Å². The molecule has 1 amide bonds. The normalized spacial score (nSPS) is 11.8. The molecule has 31 heavy (non-hydrogen) atoms. The van der Waals surface area contributed by atoms with Crippen LogP contribution in [0.1, 0.15) is 28.8 Å². The SMILES string of the molecule is CSNc1ccc(SNc2cc(C(F)(F)F)ccc2C(=O)NCCCC(F)(F)F)cc1. The molecule has 2 aromatic rings. The van der Waals surface area contributed by atoms with Crippen molar-refractivity contribution in [3.8, 4) is 0 Å². The molecule has 0 heterocycles. The van der Waals surface area contributed by atoms with Gasteiger partial charge >= 0.3 is 12.4 Å². The average Bonchev–Trinajstić information content (AvgIpc) is 2.69. The molecule has 0 aromatic heterocycles. The van der Waals surface area contributed by atoms with Crippen LogP contribution in [0.3, 0.4) is 0 Å². The van der Waals surface area contributed by atoms with Crippen LogP contribution in [0.4, 0.5) is 37.7 Å². The Morgan fingerprint density at radius 2 is 1.65 bits per heavy atom. The molecule has 0 unspecified atom stereocenters. The first kappa shape index (κ1) is 25.1. The predicted molar refractivity (Wildman–Crippen MR) is 112 cm³/mol. The van der Waals surface area contributed by atoms with Crippen molar-refractivity contribution in [3.63, 3.8) is 0 Å². The molecule has 0 atom stereocenters. The van der Waals surface area contributed by atoms with Crippen molar-refractivity contribution in [1.82, 2.24) is 5.32 Å². The molecule has 0 aliphatic rings. The van der Waals surface area contributed by atoms with E-state index in [1.54, 1.807) is 24.3 Å². The number of halogens is 6. The average molecular weight is 484 g/mol. The van der Waals surface area contributed by atoms with Gasteiger partial charge in [0.05, 0.1) is 16.8 Å². The number of rotatable bonds is 9. The summed E-state index contributed by atoms with van der Waals surface area (Å²) in [5, 5.41) is 2.31. The van der Waals surface area contributed by atoms with Crippen LogP contribution in [0.5, 0.6) is 0 Å². The van der Waals surface area contributed by atoms with Crippen LogP contribution in [-0.2, 0) is 6.18 Å². The van der Waals surface area contributed by atoms with E-state index in [2.05, 4.69) is 14.8 Å². The van der Waals surface area contributed by atoms with Gasteiger partial charge in [-0.15, -0.1) is 0 Å². The fourth-order valence-electron chi connectivity index (χ4n) is 2.41. The Hall–Kier alpha value is -2.21. The molecular formula is C19H19F6N3OS2. The van der Waals surface area contributed by atoms with Gasteiger partial charge < -0.3 is 14.8 Å². The minimum atomic E-state index is -4.62. The van der Waals surface area contributed by atoms with Gasteiger partial charge in [-0.1, -0.05) is 11.9 Å². The van der Waals surface area contributed by atoms with E-state index in [0.29, 0.717) is 4.90 Å². The van der Waals surface area contributed by atoms with Crippen LogP contribution in [0, 0.1) is 0 Å². The van der Waals surface area contributed by atoms with E-state index < -0.39 is 30.2 Å². The van der Waals surface area contributed by atoms with Gasteiger partial charge in [-0.2, -0.15) is 26.3 Å². The molecule has 0 fully saturated rings. The van der Waals surface area contributed by atoms with Crippen molar-refractivity contribution >= 4 is 41.2 Å². The van der Waals surface area contributed by atoms with Gasteiger partial charge in [-0.05, 0) is 60.8 Å². The highest BCUT2D eigenvalue weighted by Gasteiger charge is 2.31. The highest BCUT2D eigenvalue weighted by atomic mass is 32.2. The Labute approximate surface area is 183 Å². The van der Waals surface area contributed by atoms with E-state index in [0.717, 1.165) is 35.8 Å². The van der Waals surface area contributed by atoms with Gasteiger partial charge in [0.15, 0.2) is 0 Å². The Balaban J connectivity index is 2.13. The van der Waals surface area contributed by atoms with Gasteiger partial charge in [0.25, 0.3) is 5.91 Å². The van der Waals surface area contributed by atoms with E-state index >= 15 is 0 Å². The third-order valence-corrected chi connectivity index (χ3v) is 5.14. The summed E-state index contributed by atoms with van der Waals surface area (Å²) >= 11 is 2.41. The summed E-state index contributed by atoms with van der Waals surface area (Å²) in [5.41, 5.74) is -0.314. The molecule has 0 radical (unpaired) electrons. The van der Waals surface area contributed by atoms with Gasteiger partial charge in [-0.3, -0.25) is 4.79 Å². The van der Waals surface area contributed by atoms with Crippen molar-refractivity contribution < 1.29 is 31.1 Å². The number of alkyl halides is 6. The number of hydrogen-bond donors (Lipinski definition) is 3. The number of anilines is 2. The van der Waals surface area contributed by atoms with Gasteiger partial charge in [0, 0.05) is 29.8 Å². The monoisotopic (exact) mass is 483 g/mol. The lowest BCUT2D eigenvalue weighted by molar-refractivity contribution is -0.137. The maximum atomic E-state index is 13.1. The Bertz CT molecular complexity index is 872. The van der Waals surface area contributed by atoms with Crippen LogP contribution in [-0.4, -0.2) is 24.9 Å². The second kappa shape index (κ2) is 10.9. The third-order valence-electron chi connectivity index (χ3n) is 3.87. The number of carbonyl (C=O) groups is 1. The summed E-state index contributed by atoms with van der Waals surface area (Å²) < 4.78 is 81.7. The zero-order chi connectivity index (χ0) is 23.1. The van der Waals surface area contributed by atoms with Crippen molar-refractivity contribution in [2.45, 2.75) is 30.1 Å². The van der Waals surface area contributed by atoms with Crippen LogP contribution >= 0.6 is 23.9 Å². The van der Waals surface area contributed by atoms with Gasteiger partial charge in [0.2, 0.25) is 0 Å². The first-order chi connectivity index (χ1) is 14.5. The molecular weight excluding hydrogens is 464 g/mol. The van der Waals surface area contributed by atoms with E-state index in [-0.39, 0.29) is 24.2 Å². The van der Waals surface area contributed by atoms with E-state index in [4.69, 9.17) is 0 Å². The molecule has 0 aliphatic carbocycles. The summed E-state index contributed by atoms with van der Waals surface area (Å²) in [5.74, 6) is -0.765. The van der Waals surface area contributed by atoms with E-state index in [9.17, 15) is 31.1 Å². The minimum Gasteiger partial charge on any atom is -0.352 e. The molecule has 0 aliphatic heterocycles. The lowest BCUT2D eigenvalue weighted by Crippen LogP contribution is -2.26. The van der Waals surface area contributed by atoms with Gasteiger partial charge in [0.1, 0.15) is 0 Å². The first-order valence-electron chi connectivity index (χ1n) is 8.88. The molecule has 0 spiro atoms. The Morgan fingerprint density at radius 3 is 2.23 bits per heavy atom. The van der Waals surface area contributed by atoms with Crippen molar-refractivity contribution in [3.05, 3.63) is 53.6 Å². The van der Waals surface area contributed by atoms with Crippen molar-refractivity contribution in [1.29, 1.82) is 0 Å². The largest absolute Gasteiger partial charge is 0.416 e. The van der Waals surface area contributed by atoms with Crippen LogP contribution in [0.25, 0.3) is 0 Å². The summed E-state index contributed by atoms with van der Waals surface area (Å²) in [6, 6.07) is 9.57. The quantitative estimate of drug-likeness (QED) is 0.214. The smallest absolute Gasteiger partial charge is 0.352 e. The summed E-state index contributed by atoms with van der Waals surface area (Å²) in [6.45, 7) is -0.254. The highest BCUT2D eigenvalue weighted by Crippen LogP contribution is 2.34. The fraction of sp³-hybridized carbons (Fsp3) is 0.316. The van der Waals surface area contributed by atoms with E-state index in [1.165, 1.54) is 11.9 Å². The molecule has 0 saturated carbocycles. The fourth-order valence-corrected chi connectivity index (χ4v) is 3.45. The number of benzene rings is 2. The topological polar surface area (TPSA) is 53.2 Å². The summed E-state index contributed by atoms with van der Waals surface area (Å²) in [7, 11) is 0. The van der Waals surface area contributed by atoms with Crippen molar-refractivity contribution in [2.75, 3.05) is 22.2 Å². The van der Waals surface area contributed by atoms with Crippen LogP contribution < -0.4 is 14.8 Å². The second-order valence-corrected chi connectivity index (χ2v) is 7.76. The molecule has 2 aromatic carbocycles. The number of nitrogens with one attached hydrogen (secondary N) is 3. The number of carbonyl (C=O) groups excluding carboxylic acids is 1. The molecule has 0 bridgehead atoms.